The van der Waals surface area contributed by atoms with Crippen LogP contribution < -0.4 is 4.90 Å². The Hall–Kier alpha value is -1.55. The maximum Gasteiger partial charge on any atom is 0.253 e. The Bertz CT molecular complexity index is 658. The quantitative estimate of drug-likeness (QED) is 0.833. The molecule has 0 bridgehead atoms. The summed E-state index contributed by atoms with van der Waals surface area (Å²) in [5, 5.41) is 1.26. The standard InChI is InChI=1S/C16H13Cl2NO2/c17-12-6-4-11(5-7-12)15-9-21-10-16(20)19(15)14-3-1-2-13(18)8-14/h1-8,15H,9-10H2. The number of hydrogen-bond acceptors (Lipinski definition) is 2. The normalized spacial score (nSPS) is 18.9. The van der Waals surface area contributed by atoms with Crippen LogP contribution in [0.3, 0.4) is 0 Å². The number of morpholine rings is 1. The van der Waals surface area contributed by atoms with Gasteiger partial charge in [-0.05, 0) is 35.9 Å². The van der Waals surface area contributed by atoms with E-state index in [1.54, 1.807) is 17.0 Å². The number of carbonyl (C=O) groups excluding carboxylic acids is 1. The van der Waals surface area contributed by atoms with Gasteiger partial charge in [0.1, 0.15) is 6.61 Å². The van der Waals surface area contributed by atoms with Crippen LogP contribution in [0.1, 0.15) is 11.6 Å². The van der Waals surface area contributed by atoms with E-state index in [0.717, 1.165) is 11.3 Å². The van der Waals surface area contributed by atoms with Crippen LogP contribution in [0.25, 0.3) is 0 Å². The fourth-order valence-electron chi connectivity index (χ4n) is 2.46. The van der Waals surface area contributed by atoms with E-state index in [1.807, 2.05) is 36.4 Å². The molecule has 0 spiro atoms. The van der Waals surface area contributed by atoms with Crippen molar-refractivity contribution < 1.29 is 9.53 Å². The van der Waals surface area contributed by atoms with Crippen molar-refractivity contribution in [2.24, 2.45) is 0 Å². The van der Waals surface area contributed by atoms with Crippen molar-refractivity contribution in [3.8, 4) is 0 Å². The minimum absolute atomic E-state index is 0.0800. The van der Waals surface area contributed by atoms with Gasteiger partial charge in [-0.2, -0.15) is 0 Å². The number of nitrogens with zero attached hydrogens (tertiary/aromatic N) is 1. The number of benzene rings is 2. The number of amides is 1. The Balaban J connectivity index is 2.00. The molecule has 1 aliphatic heterocycles. The molecule has 5 heteroatoms. The molecule has 1 atom stereocenters. The van der Waals surface area contributed by atoms with Crippen molar-refractivity contribution in [3.63, 3.8) is 0 Å². The molecule has 3 rings (SSSR count). The summed E-state index contributed by atoms with van der Waals surface area (Å²) in [6.45, 7) is 0.524. The first-order valence-corrected chi connectivity index (χ1v) is 7.31. The van der Waals surface area contributed by atoms with Crippen molar-refractivity contribution in [2.45, 2.75) is 6.04 Å². The zero-order chi connectivity index (χ0) is 14.8. The van der Waals surface area contributed by atoms with Crippen LogP contribution in [0.4, 0.5) is 5.69 Å². The number of hydrogen-bond donors (Lipinski definition) is 0. The Morgan fingerprint density at radius 2 is 1.81 bits per heavy atom. The second kappa shape index (κ2) is 6.06. The van der Waals surface area contributed by atoms with E-state index >= 15 is 0 Å². The summed E-state index contributed by atoms with van der Waals surface area (Å²) < 4.78 is 5.40. The van der Waals surface area contributed by atoms with Crippen LogP contribution in [-0.4, -0.2) is 19.1 Å². The van der Waals surface area contributed by atoms with Crippen LogP contribution >= 0.6 is 23.2 Å². The number of anilines is 1. The highest BCUT2D eigenvalue weighted by Crippen LogP contribution is 2.32. The van der Waals surface area contributed by atoms with E-state index < -0.39 is 0 Å². The van der Waals surface area contributed by atoms with Crippen LogP contribution in [0.15, 0.2) is 48.5 Å². The average molecular weight is 322 g/mol. The maximum absolute atomic E-state index is 12.3. The number of rotatable bonds is 2. The highest BCUT2D eigenvalue weighted by atomic mass is 35.5. The molecule has 0 saturated carbocycles. The minimum atomic E-state index is -0.179. The van der Waals surface area contributed by atoms with Gasteiger partial charge in [-0.1, -0.05) is 41.4 Å². The van der Waals surface area contributed by atoms with Gasteiger partial charge in [0.15, 0.2) is 0 Å². The first-order chi connectivity index (χ1) is 10.1. The SMILES string of the molecule is O=C1COCC(c2ccc(Cl)cc2)N1c1cccc(Cl)c1. The fraction of sp³-hybridized carbons (Fsp3) is 0.188. The zero-order valence-electron chi connectivity index (χ0n) is 11.1. The molecule has 1 fully saturated rings. The third-order valence-electron chi connectivity index (χ3n) is 3.42. The first-order valence-electron chi connectivity index (χ1n) is 6.56. The zero-order valence-corrected chi connectivity index (χ0v) is 12.6. The molecular weight excluding hydrogens is 309 g/mol. The summed E-state index contributed by atoms with van der Waals surface area (Å²) in [6, 6.07) is 14.5. The molecule has 108 valence electrons. The lowest BCUT2D eigenvalue weighted by molar-refractivity contribution is -0.127. The van der Waals surface area contributed by atoms with Crippen LogP contribution in [0.5, 0.6) is 0 Å². The largest absolute Gasteiger partial charge is 0.369 e. The molecule has 0 aliphatic carbocycles. The number of carbonyl (C=O) groups is 1. The molecule has 1 aliphatic rings. The van der Waals surface area contributed by atoms with Crippen LogP contribution in [-0.2, 0) is 9.53 Å². The van der Waals surface area contributed by atoms with E-state index in [4.69, 9.17) is 27.9 Å². The molecule has 2 aromatic rings. The number of halogens is 2. The maximum atomic E-state index is 12.3. The van der Waals surface area contributed by atoms with E-state index in [1.165, 1.54) is 0 Å². The Kier molecular flexibility index (Phi) is 4.15. The van der Waals surface area contributed by atoms with Crippen molar-refractivity contribution in [1.82, 2.24) is 0 Å². The van der Waals surface area contributed by atoms with Gasteiger partial charge in [-0.3, -0.25) is 4.79 Å². The van der Waals surface area contributed by atoms with E-state index in [9.17, 15) is 4.79 Å². The van der Waals surface area contributed by atoms with E-state index in [0.29, 0.717) is 16.7 Å². The predicted molar refractivity (Wildman–Crippen MR) is 84.0 cm³/mol. The van der Waals surface area contributed by atoms with Gasteiger partial charge in [0.2, 0.25) is 0 Å². The molecule has 1 saturated heterocycles. The molecule has 1 amide bonds. The lowest BCUT2D eigenvalue weighted by Crippen LogP contribution is -2.44. The predicted octanol–water partition coefficient (Wildman–Crippen LogP) is 4.10. The molecule has 1 heterocycles. The molecule has 21 heavy (non-hydrogen) atoms. The van der Waals surface area contributed by atoms with Crippen molar-refractivity contribution in [3.05, 3.63) is 64.1 Å². The lowest BCUT2D eigenvalue weighted by atomic mass is 10.0. The molecule has 0 aromatic heterocycles. The molecular formula is C16H13Cl2NO2. The van der Waals surface area contributed by atoms with Gasteiger partial charge in [-0.15, -0.1) is 0 Å². The van der Waals surface area contributed by atoms with Gasteiger partial charge in [0.05, 0.1) is 12.6 Å². The second-order valence-corrected chi connectivity index (χ2v) is 5.70. The summed E-state index contributed by atoms with van der Waals surface area (Å²) in [4.78, 5) is 14.0. The highest BCUT2D eigenvalue weighted by molar-refractivity contribution is 6.31. The van der Waals surface area contributed by atoms with Gasteiger partial charge >= 0.3 is 0 Å². The summed E-state index contributed by atoms with van der Waals surface area (Å²) >= 11 is 12.0. The van der Waals surface area contributed by atoms with E-state index in [2.05, 4.69) is 0 Å². The van der Waals surface area contributed by atoms with Crippen molar-refractivity contribution in [2.75, 3.05) is 18.1 Å². The van der Waals surface area contributed by atoms with Crippen LogP contribution in [0, 0.1) is 0 Å². The molecule has 1 unspecified atom stereocenters. The number of ether oxygens (including phenoxy) is 1. The average Bonchev–Trinajstić information content (AvgIpc) is 2.48. The third kappa shape index (κ3) is 3.05. The molecule has 3 nitrogen and oxygen atoms in total. The van der Waals surface area contributed by atoms with E-state index in [-0.39, 0.29) is 18.6 Å². The fourth-order valence-corrected chi connectivity index (χ4v) is 2.77. The molecule has 0 radical (unpaired) electrons. The van der Waals surface area contributed by atoms with Crippen molar-refractivity contribution >= 4 is 34.8 Å². The lowest BCUT2D eigenvalue weighted by Gasteiger charge is -2.36. The van der Waals surface area contributed by atoms with Crippen LogP contribution in [0.2, 0.25) is 10.0 Å². The molecule has 0 N–H and O–H groups in total. The first kappa shape index (κ1) is 14.4. The molecule has 2 aromatic carbocycles. The summed E-state index contributed by atoms with van der Waals surface area (Å²) in [5.74, 6) is -0.0801. The Morgan fingerprint density at radius 3 is 2.52 bits per heavy atom. The van der Waals surface area contributed by atoms with Gasteiger partial charge in [0.25, 0.3) is 5.91 Å². The summed E-state index contributed by atoms with van der Waals surface area (Å²) in [7, 11) is 0. The topological polar surface area (TPSA) is 29.5 Å². The van der Waals surface area contributed by atoms with Gasteiger partial charge in [0, 0.05) is 15.7 Å². The van der Waals surface area contributed by atoms with Gasteiger partial charge < -0.3 is 9.64 Å². The smallest absolute Gasteiger partial charge is 0.253 e. The summed E-state index contributed by atoms with van der Waals surface area (Å²) in [6.07, 6.45) is 0. The van der Waals surface area contributed by atoms with Crippen molar-refractivity contribution in [1.29, 1.82) is 0 Å². The van der Waals surface area contributed by atoms with Gasteiger partial charge in [-0.25, -0.2) is 0 Å². The third-order valence-corrected chi connectivity index (χ3v) is 3.91. The highest BCUT2D eigenvalue weighted by Gasteiger charge is 2.31. The summed E-state index contributed by atoms with van der Waals surface area (Å²) in [5.41, 5.74) is 1.75. The second-order valence-electron chi connectivity index (χ2n) is 4.83. The minimum Gasteiger partial charge on any atom is -0.369 e. The Labute approximate surface area is 133 Å². The monoisotopic (exact) mass is 321 g/mol. The Morgan fingerprint density at radius 1 is 1.05 bits per heavy atom.